The summed E-state index contributed by atoms with van der Waals surface area (Å²) in [5.41, 5.74) is -0.0345. The molecule has 0 saturated carbocycles. The Morgan fingerprint density at radius 2 is 1.97 bits per heavy atom. The second-order valence-corrected chi connectivity index (χ2v) is 8.45. The van der Waals surface area contributed by atoms with Gasteiger partial charge in [0, 0.05) is 26.6 Å². The van der Waals surface area contributed by atoms with Gasteiger partial charge in [-0.25, -0.2) is 24.2 Å². The van der Waals surface area contributed by atoms with Gasteiger partial charge in [0.2, 0.25) is 5.96 Å². The second kappa shape index (κ2) is 11.8. The van der Waals surface area contributed by atoms with Gasteiger partial charge in [-0.15, -0.1) is 0 Å². The number of aromatic nitrogens is 2. The molecule has 1 unspecified atom stereocenters. The molecule has 0 aliphatic carbocycles. The first-order valence-electron chi connectivity index (χ1n) is 10.8. The summed E-state index contributed by atoms with van der Waals surface area (Å²) in [6.07, 6.45) is 5.27. The zero-order chi connectivity index (χ0) is 24.6. The van der Waals surface area contributed by atoms with Gasteiger partial charge in [0.05, 0.1) is 17.3 Å². The largest absolute Gasteiger partial charge is 0.458 e. The standard InChI is InChI=1S/C23H34N4O6/c1-8-15-32-20(28)19-16(2)25-21(26-14-10-13-24-26)27(22(29)33-23(3,4)5)17(19)11-9-12-18(30-6)31-7/h8,10,13-14,17-18H,1,9,11-12,15H2,2-7H3. The summed E-state index contributed by atoms with van der Waals surface area (Å²) >= 11 is 0. The van der Waals surface area contributed by atoms with Crippen molar-refractivity contribution in [1.29, 1.82) is 0 Å². The molecule has 1 atom stereocenters. The van der Waals surface area contributed by atoms with Crippen molar-refractivity contribution in [3.05, 3.63) is 42.4 Å². The molecule has 1 aliphatic heterocycles. The van der Waals surface area contributed by atoms with Gasteiger partial charge in [0.15, 0.2) is 6.29 Å². The van der Waals surface area contributed by atoms with Crippen LogP contribution in [0.15, 0.2) is 47.4 Å². The summed E-state index contributed by atoms with van der Waals surface area (Å²) in [6.45, 7) is 10.7. The summed E-state index contributed by atoms with van der Waals surface area (Å²) in [5.74, 6) is -0.323. The molecule has 1 aromatic heterocycles. The van der Waals surface area contributed by atoms with Crippen LogP contribution in [-0.2, 0) is 23.7 Å². The first-order valence-corrected chi connectivity index (χ1v) is 10.8. The van der Waals surface area contributed by atoms with E-state index < -0.39 is 30.0 Å². The Morgan fingerprint density at radius 3 is 2.52 bits per heavy atom. The average Bonchev–Trinajstić information content (AvgIpc) is 3.28. The van der Waals surface area contributed by atoms with E-state index in [9.17, 15) is 9.59 Å². The van der Waals surface area contributed by atoms with Gasteiger partial charge in [-0.05, 0) is 53.0 Å². The molecule has 1 aromatic rings. The van der Waals surface area contributed by atoms with Crippen LogP contribution in [0.3, 0.4) is 0 Å². The number of hydrogen-bond acceptors (Lipinski definition) is 8. The molecule has 0 aromatic carbocycles. The molecule has 2 rings (SSSR count). The SMILES string of the molecule is C=CCOC(=O)C1=C(C)N=C(n2cccn2)N(C(=O)OC(C)(C)C)C1CCCC(OC)OC. The van der Waals surface area contributed by atoms with Gasteiger partial charge in [0.25, 0.3) is 0 Å². The van der Waals surface area contributed by atoms with Crippen LogP contribution in [0.2, 0.25) is 0 Å². The van der Waals surface area contributed by atoms with Crippen molar-refractivity contribution in [2.24, 2.45) is 4.99 Å². The van der Waals surface area contributed by atoms with E-state index in [1.807, 2.05) is 0 Å². The predicted molar refractivity (Wildman–Crippen MR) is 122 cm³/mol. The molecule has 0 saturated heterocycles. The molecule has 2 heterocycles. The van der Waals surface area contributed by atoms with E-state index in [2.05, 4.69) is 16.7 Å². The first-order chi connectivity index (χ1) is 15.6. The molecular weight excluding hydrogens is 428 g/mol. The third-order valence-corrected chi connectivity index (χ3v) is 4.81. The Labute approximate surface area is 194 Å². The lowest BCUT2D eigenvalue weighted by Crippen LogP contribution is -2.53. The number of hydrogen-bond donors (Lipinski definition) is 0. The number of methoxy groups -OCH3 is 2. The lowest BCUT2D eigenvalue weighted by atomic mass is 9.96. The minimum atomic E-state index is -0.756. The van der Waals surface area contributed by atoms with Gasteiger partial charge < -0.3 is 18.9 Å². The van der Waals surface area contributed by atoms with Crippen LogP contribution in [0, 0.1) is 0 Å². The molecule has 1 aliphatic rings. The Balaban J connectivity index is 2.51. The van der Waals surface area contributed by atoms with Gasteiger partial charge in [0.1, 0.15) is 12.2 Å². The highest BCUT2D eigenvalue weighted by Crippen LogP contribution is 2.30. The number of aliphatic imine (C=N–C) groups is 1. The molecule has 10 nitrogen and oxygen atoms in total. The van der Waals surface area contributed by atoms with Gasteiger partial charge in [-0.1, -0.05) is 12.7 Å². The number of amides is 1. The number of carbonyl (C=O) groups excluding carboxylic acids is 2. The fourth-order valence-corrected chi connectivity index (χ4v) is 3.42. The van der Waals surface area contributed by atoms with Crippen LogP contribution in [-0.4, -0.2) is 71.5 Å². The van der Waals surface area contributed by atoms with E-state index in [4.69, 9.17) is 18.9 Å². The Morgan fingerprint density at radius 1 is 1.27 bits per heavy atom. The van der Waals surface area contributed by atoms with Crippen LogP contribution in [0.4, 0.5) is 4.79 Å². The van der Waals surface area contributed by atoms with E-state index in [0.29, 0.717) is 25.0 Å². The minimum absolute atomic E-state index is 0.0416. The quantitative estimate of drug-likeness (QED) is 0.314. The molecule has 10 heteroatoms. The van der Waals surface area contributed by atoms with Gasteiger partial charge >= 0.3 is 12.1 Å². The number of carbonyl (C=O) groups is 2. The number of ether oxygens (including phenoxy) is 4. The molecular formula is C23H34N4O6. The molecule has 1 amide bonds. The van der Waals surface area contributed by atoms with Crippen molar-refractivity contribution < 1.29 is 28.5 Å². The Hall–Kier alpha value is -2.98. The van der Waals surface area contributed by atoms with Gasteiger partial charge in [-0.2, -0.15) is 5.10 Å². The fraction of sp³-hybridized carbons (Fsp3) is 0.565. The molecule has 182 valence electrons. The second-order valence-electron chi connectivity index (χ2n) is 8.45. The topological polar surface area (TPSA) is 104 Å². The Bertz CT molecular complexity index is 881. The van der Waals surface area contributed by atoms with Crippen molar-refractivity contribution in [3.8, 4) is 0 Å². The minimum Gasteiger partial charge on any atom is -0.458 e. The summed E-state index contributed by atoms with van der Waals surface area (Å²) in [4.78, 5) is 32.3. The van der Waals surface area contributed by atoms with Crippen LogP contribution in [0.1, 0.15) is 47.0 Å². The normalized spacial score (nSPS) is 16.6. The third-order valence-electron chi connectivity index (χ3n) is 4.81. The van der Waals surface area contributed by atoms with Crippen LogP contribution < -0.4 is 0 Å². The number of esters is 1. The fourth-order valence-electron chi connectivity index (χ4n) is 3.42. The highest BCUT2D eigenvalue weighted by Gasteiger charge is 2.41. The first kappa shape index (κ1) is 26.3. The van der Waals surface area contributed by atoms with Crippen molar-refractivity contribution in [1.82, 2.24) is 14.7 Å². The zero-order valence-electron chi connectivity index (χ0n) is 20.2. The third kappa shape index (κ3) is 7.00. The highest BCUT2D eigenvalue weighted by molar-refractivity contribution is 6.01. The Kier molecular flexibility index (Phi) is 9.36. The van der Waals surface area contributed by atoms with Crippen molar-refractivity contribution in [2.75, 3.05) is 20.8 Å². The van der Waals surface area contributed by atoms with E-state index in [-0.39, 0.29) is 18.1 Å². The lowest BCUT2D eigenvalue weighted by Gasteiger charge is -2.37. The molecule has 0 bridgehead atoms. The monoisotopic (exact) mass is 462 g/mol. The zero-order valence-corrected chi connectivity index (χ0v) is 20.2. The predicted octanol–water partition coefficient (Wildman–Crippen LogP) is 3.50. The lowest BCUT2D eigenvalue weighted by molar-refractivity contribution is -0.138. The van der Waals surface area contributed by atoms with Crippen molar-refractivity contribution in [2.45, 2.75) is 64.9 Å². The molecule has 0 fully saturated rings. The molecule has 33 heavy (non-hydrogen) atoms. The maximum atomic E-state index is 13.4. The number of allylic oxidation sites excluding steroid dienone is 1. The summed E-state index contributed by atoms with van der Waals surface area (Å²) < 4.78 is 23.0. The maximum absolute atomic E-state index is 13.4. The van der Waals surface area contributed by atoms with Crippen LogP contribution in [0.5, 0.6) is 0 Å². The smallest absolute Gasteiger partial charge is 0.417 e. The summed E-state index contributed by atoms with van der Waals surface area (Å²) in [7, 11) is 3.12. The van der Waals surface area contributed by atoms with Crippen LogP contribution >= 0.6 is 0 Å². The highest BCUT2D eigenvalue weighted by atomic mass is 16.7. The van der Waals surface area contributed by atoms with E-state index in [0.717, 1.165) is 0 Å². The maximum Gasteiger partial charge on any atom is 0.417 e. The van der Waals surface area contributed by atoms with Crippen molar-refractivity contribution >= 4 is 18.0 Å². The molecule has 0 radical (unpaired) electrons. The number of nitrogens with zero attached hydrogens (tertiary/aromatic N) is 4. The van der Waals surface area contributed by atoms with E-state index >= 15 is 0 Å². The molecule has 0 spiro atoms. The van der Waals surface area contributed by atoms with Crippen molar-refractivity contribution in [3.63, 3.8) is 0 Å². The van der Waals surface area contributed by atoms with E-state index in [1.165, 1.54) is 15.7 Å². The van der Waals surface area contributed by atoms with Gasteiger partial charge in [-0.3, -0.25) is 0 Å². The summed E-state index contributed by atoms with van der Waals surface area (Å²) in [6, 6.07) is 1.03. The average molecular weight is 463 g/mol. The van der Waals surface area contributed by atoms with E-state index in [1.54, 1.807) is 60.4 Å². The molecule has 0 N–H and O–H groups in total. The number of rotatable bonds is 9. The van der Waals surface area contributed by atoms with Crippen LogP contribution in [0.25, 0.3) is 0 Å². The summed E-state index contributed by atoms with van der Waals surface area (Å²) in [5, 5.41) is 4.24.